The number of aromatic nitrogens is 2. The van der Waals surface area contributed by atoms with Crippen LogP contribution >= 0.6 is 0 Å². The number of H-pyrrole nitrogens is 2. The van der Waals surface area contributed by atoms with Crippen LogP contribution in [0.15, 0.2) is 34.3 Å². The summed E-state index contributed by atoms with van der Waals surface area (Å²) in [6.07, 6.45) is 0.865. The number of anilines is 1. The van der Waals surface area contributed by atoms with Gasteiger partial charge in [0.05, 0.1) is 16.4 Å². The Morgan fingerprint density at radius 2 is 1.96 bits per heavy atom. The van der Waals surface area contributed by atoms with Gasteiger partial charge in [-0.25, -0.2) is 0 Å². The van der Waals surface area contributed by atoms with E-state index in [1.807, 2.05) is 13.8 Å². The maximum Gasteiger partial charge on any atom is 0.270 e. The third-order valence-electron chi connectivity index (χ3n) is 5.12. The van der Waals surface area contributed by atoms with Crippen LogP contribution in [0.4, 0.5) is 11.5 Å². The van der Waals surface area contributed by atoms with Crippen LogP contribution in [0.1, 0.15) is 43.7 Å². The largest absolute Gasteiger partial charge is 0.508 e. The molecule has 4 N–H and O–H groups in total. The number of nitrogens with zero attached hydrogens (tertiary/aromatic N) is 1. The minimum absolute atomic E-state index is 0.143. The molecule has 2 aliphatic rings. The molecule has 140 valence electrons. The number of rotatable bonds is 2. The van der Waals surface area contributed by atoms with Gasteiger partial charge in [0.2, 0.25) is 0 Å². The molecule has 2 aromatic rings. The Hall–Kier alpha value is -3.36. The van der Waals surface area contributed by atoms with Gasteiger partial charge in [0.25, 0.3) is 11.2 Å². The van der Waals surface area contributed by atoms with Crippen molar-refractivity contribution in [1.82, 2.24) is 10.2 Å². The summed E-state index contributed by atoms with van der Waals surface area (Å²) in [5.41, 5.74) is 0.512. The first-order valence-electron chi connectivity index (χ1n) is 8.49. The molecule has 4 rings (SSSR count). The zero-order chi connectivity index (χ0) is 19.5. The minimum atomic E-state index is -0.880. The van der Waals surface area contributed by atoms with E-state index in [-0.39, 0.29) is 40.2 Å². The van der Waals surface area contributed by atoms with Crippen molar-refractivity contribution in [2.75, 3.05) is 5.32 Å². The summed E-state index contributed by atoms with van der Waals surface area (Å²) in [7, 11) is 0. The van der Waals surface area contributed by atoms with Gasteiger partial charge in [-0.15, -0.1) is 0 Å². The lowest BCUT2D eigenvalue weighted by atomic mass is 9.69. The van der Waals surface area contributed by atoms with E-state index >= 15 is 0 Å². The maximum atomic E-state index is 13.0. The fraction of sp³-hybridized carbons (Fsp3) is 0.333. The predicted molar refractivity (Wildman–Crippen MR) is 96.7 cm³/mol. The van der Waals surface area contributed by atoms with E-state index < -0.39 is 16.4 Å². The van der Waals surface area contributed by atoms with Crippen LogP contribution < -0.4 is 10.9 Å². The number of nitrogens with one attached hydrogen (secondary N) is 3. The van der Waals surface area contributed by atoms with Gasteiger partial charge in [-0.1, -0.05) is 13.8 Å². The summed E-state index contributed by atoms with van der Waals surface area (Å²) < 4.78 is 0. The fourth-order valence-electron chi connectivity index (χ4n) is 4.02. The Balaban J connectivity index is 1.99. The molecule has 0 saturated carbocycles. The summed E-state index contributed by atoms with van der Waals surface area (Å²) in [5.74, 6) is -0.825. The molecule has 1 aromatic carbocycles. The molecule has 1 aliphatic heterocycles. The van der Waals surface area contributed by atoms with E-state index in [1.54, 1.807) is 0 Å². The zero-order valence-corrected chi connectivity index (χ0v) is 14.8. The molecule has 27 heavy (non-hydrogen) atoms. The highest BCUT2D eigenvalue weighted by Crippen LogP contribution is 2.49. The molecule has 0 saturated heterocycles. The van der Waals surface area contributed by atoms with Gasteiger partial charge in [0.15, 0.2) is 5.78 Å². The number of phenolic OH excluding ortho intramolecular Hbond substituents is 1. The van der Waals surface area contributed by atoms with Crippen molar-refractivity contribution >= 4 is 17.3 Å². The number of benzene rings is 1. The molecule has 1 unspecified atom stereocenters. The highest BCUT2D eigenvalue weighted by molar-refractivity contribution is 6.01. The van der Waals surface area contributed by atoms with E-state index in [2.05, 4.69) is 15.5 Å². The number of phenols is 1. The second kappa shape index (κ2) is 5.57. The standard InChI is InChI=1S/C18H18N4O5/c1-18(2)6-10-14(12(24)7-18)13(15-16(19-10)20-21-17(15)25)9-5-8(22(26)27)3-4-11(9)23/h3-5,13,23H,6-7H2,1-2H3,(H3,19,20,21,25). The molecule has 1 atom stereocenters. The van der Waals surface area contributed by atoms with Crippen LogP contribution in [0.3, 0.4) is 0 Å². The van der Waals surface area contributed by atoms with Crippen molar-refractivity contribution in [2.45, 2.75) is 32.6 Å². The molecule has 2 heterocycles. The molecular weight excluding hydrogens is 352 g/mol. The SMILES string of the molecule is CC1(C)CC(=O)C2=C(C1)Nc1[nH][nH]c(=O)c1C2c1cc([N+](=O)[O-])ccc1O. The van der Waals surface area contributed by atoms with E-state index in [0.29, 0.717) is 23.5 Å². The van der Waals surface area contributed by atoms with Gasteiger partial charge in [0.1, 0.15) is 11.6 Å². The third-order valence-corrected chi connectivity index (χ3v) is 5.12. The molecule has 1 aliphatic carbocycles. The van der Waals surface area contributed by atoms with Crippen LogP contribution in [0.2, 0.25) is 0 Å². The predicted octanol–water partition coefficient (Wildman–Crippen LogP) is 2.52. The summed E-state index contributed by atoms with van der Waals surface area (Å²) in [5, 5.41) is 30.0. The van der Waals surface area contributed by atoms with Gasteiger partial charge < -0.3 is 10.4 Å². The second-order valence-electron chi connectivity index (χ2n) is 7.76. The van der Waals surface area contributed by atoms with Crippen LogP contribution in [0.25, 0.3) is 0 Å². The maximum absolute atomic E-state index is 13.0. The van der Waals surface area contributed by atoms with Gasteiger partial charge in [0, 0.05) is 35.4 Å². The van der Waals surface area contributed by atoms with Crippen molar-refractivity contribution in [3.8, 4) is 5.75 Å². The number of nitro groups is 1. The van der Waals surface area contributed by atoms with E-state index in [1.165, 1.54) is 18.2 Å². The average molecular weight is 370 g/mol. The fourth-order valence-corrected chi connectivity index (χ4v) is 4.02. The number of nitro benzene ring substituents is 1. The third kappa shape index (κ3) is 2.62. The van der Waals surface area contributed by atoms with Crippen molar-refractivity contribution in [3.63, 3.8) is 0 Å². The molecule has 1 aromatic heterocycles. The molecule has 0 fully saturated rings. The lowest BCUT2D eigenvalue weighted by Crippen LogP contribution is -2.35. The molecule has 9 heteroatoms. The topological polar surface area (TPSA) is 141 Å². The molecule has 9 nitrogen and oxygen atoms in total. The number of aromatic amines is 2. The van der Waals surface area contributed by atoms with Crippen LogP contribution in [0, 0.1) is 15.5 Å². The number of fused-ring (bicyclic) bond motifs is 1. The number of carbonyl (C=O) groups is 1. The Morgan fingerprint density at radius 3 is 2.67 bits per heavy atom. The van der Waals surface area contributed by atoms with Gasteiger partial charge in [-0.05, 0) is 17.9 Å². The quantitative estimate of drug-likeness (QED) is 0.473. The second-order valence-corrected chi connectivity index (χ2v) is 7.76. The highest BCUT2D eigenvalue weighted by atomic mass is 16.6. The molecule has 0 bridgehead atoms. The lowest BCUT2D eigenvalue weighted by molar-refractivity contribution is -0.384. The van der Waals surface area contributed by atoms with Crippen LogP contribution in [-0.4, -0.2) is 26.0 Å². The number of aromatic hydroxyl groups is 1. The molecule has 0 amide bonds. The number of Topliss-reactive ketones (excluding diaryl/α,β-unsaturated/α-hetero) is 1. The van der Waals surface area contributed by atoms with Crippen LogP contribution in [-0.2, 0) is 4.79 Å². The van der Waals surface area contributed by atoms with E-state index in [9.17, 15) is 24.8 Å². The zero-order valence-electron chi connectivity index (χ0n) is 14.8. The number of ketones is 1. The monoisotopic (exact) mass is 370 g/mol. The average Bonchev–Trinajstić information content (AvgIpc) is 2.93. The van der Waals surface area contributed by atoms with Gasteiger partial charge in [-0.3, -0.25) is 29.9 Å². The Kier molecular flexibility index (Phi) is 3.52. The Bertz CT molecular complexity index is 1080. The van der Waals surface area contributed by atoms with Crippen molar-refractivity contribution in [3.05, 3.63) is 61.1 Å². The van der Waals surface area contributed by atoms with Crippen molar-refractivity contribution < 1.29 is 14.8 Å². The summed E-state index contributed by atoms with van der Waals surface area (Å²) in [6.45, 7) is 3.96. The van der Waals surface area contributed by atoms with Crippen molar-refractivity contribution in [2.24, 2.45) is 5.41 Å². The number of hydrogen-bond donors (Lipinski definition) is 4. The van der Waals surface area contributed by atoms with Gasteiger partial charge >= 0.3 is 0 Å². The number of hydrogen-bond acceptors (Lipinski definition) is 6. The van der Waals surface area contributed by atoms with E-state index in [0.717, 1.165) is 0 Å². The Labute approximate surface area is 153 Å². The number of allylic oxidation sites excluding steroid dienone is 2. The minimum Gasteiger partial charge on any atom is -0.508 e. The highest BCUT2D eigenvalue weighted by Gasteiger charge is 2.43. The molecular formula is C18H18N4O5. The van der Waals surface area contributed by atoms with Crippen molar-refractivity contribution in [1.29, 1.82) is 0 Å². The number of carbonyl (C=O) groups excluding carboxylic acids is 1. The number of non-ortho nitro benzene ring substituents is 1. The van der Waals surface area contributed by atoms with Crippen LogP contribution in [0.5, 0.6) is 5.75 Å². The summed E-state index contributed by atoms with van der Waals surface area (Å²) >= 11 is 0. The molecule has 0 spiro atoms. The Morgan fingerprint density at radius 1 is 1.22 bits per heavy atom. The smallest absolute Gasteiger partial charge is 0.270 e. The summed E-state index contributed by atoms with van der Waals surface area (Å²) in [6, 6.07) is 3.62. The molecule has 0 radical (unpaired) electrons. The lowest BCUT2D eigenvalue weighted by Gasteiger charge is -2.37. The van der Waals surface area contributed by atoms with Gasteiger partial charge in [-0.2, -0.15) is 0 Å². The summed E-state index contributed by atoms with van der Waals surface area (Å²) in [4.78, 5) is 36.0. The first-order chi connectivity index (χ1) is 12.7. The first-order valence-corrected chi connectivity index (χ1v) is 8.49. The normalized spacial score (nSPS) is 20.7. The van der Waals surface area contributed by atoms with E-state index in [4.69, 9.17) is 0 Å². The first kappa shape index (κ1) is 17.1.